The van der Waals surface area contributed by atoms with E-state index in [1.807, 2.05) is 30.3 Å². The maximum absolute atomic E-state index is 10.9. The molecule has 0 atom stereocenters. The highest BCUT2D eigenvalue weighted by Gasteiger charge is 2.15. The molecule has 0 aromatic heterocycles. The summed E-state index contributed by atoms with van der Waals surface area (Å²) in [6, 6.07) is 12.0. The van der Waals surface area contributed by atoms with Gasteiger partial charge in [0.1, 0.15) is 0 Å². The minimum atomic E-state index is -0.591. The van der Waals surface area contributed by atoms with Crippen LogP contribution in [0.5, 0.6) is 11.5 Å². The Labute approximate surface area is 148 Å². The van der Waals surface area contributed by atoms with Crippen molar-refractivity contribution in [3.8, 4) is 11.5 Å². The standard InChI is InChI=1S/C16H16N4O4S/c1-24-14-8-13(20(22)23)7-12(15(14)21)9-18-19-16(17)25-10-11-5-3-2-4-6-11/h2-9,21H,10H2,1H3,(H2,17,19). The van der Waals surface area contributed by atoms with Gasteiger partial charge in [-0.25, -0.2) is 0 Å². The minimum absolute atomic E-state index is 0.0222. The number of nitrogens with zero attached hydrogens (tertiary/aromatic N) is 3. The molecule has 0 aliphatic carbocycles. The maximum Gasteiger partial charge on any atom is 0.274 e. The number of methoxy groups -OCH3 is 1. The molecule has 0 saturated heterocycles. The number of phenolic OH excluding ortho intramolecular Hbond substituents is 1. The number of hydrogen-bond acceptors (Lipinski definition) is 7. The van der Waals surface area contributed by atoms with Crippen LogP contribution in [0, 0.1) is 10.1 Å². The lowest BCUT2D eigenvalue weighted by Crippen LogP contribution is -2.06. The highest BCUT2D eigenvalue weighted by molar-refractivity contribution is 8.13. The van der Waals surface area contributed by atoms with E-state index >= 15 is 0 Å². The number of rotatable bonds is 6. The number of nitro benzene ring substituents is 1. The predicted octanol–water partition coefficient (Wildman–Crippen LogP) is 2.89. The average molecular weight is 360 g/mol. The van der Waals surface area contributed by atoms with Crippen LogP contribution in [0.4, 0.5) is 5.69 Å². The van der Waals surface area contributed by atoms with Crippen LogP contribution < -0.4 is 10.5 Å². The normalized spacial score (nSPS) is 11.6. The second-order valence-electron chi connectivity index (χ2n) is 4.80. The summed E-state index contributed by atoms with van der Waals surface area (Å²) in [5.74, 6) is 0.357. The molecule has 2 aromatic rings. The molecule has 130 valence electrons. The second-order valence-corrected chi connectivity index (χ2v) is 5.80. The predicted molar refractivity (Wildman–Crippen MR) is 98.3 cm³/mol. The Morgan fingerprint density at radius 1 is 1.40 bits per heavy atom. The van der Waals surface area contributed by atoms with Crippen LogP contribution in [-0.4, -0.2) is 28.5 Å². The van der Waals surface area contributed by atoms with Gasteiger partial charge in [-0.2, -0.15) is 5.10 Å². The van der Waals surface area contributed by atoms with Crippen LogP contribution in [0.3, 0.4) is 0 Å². The van der Waals surface area contributed by atoms with Gasteiger partial charge in [-0.3, -0.25) is 10.1 Å². The Balaban J connectivity index is 2.10. The number of hydrogen-bond donors (Lipinski definition) is 2. The molecule has 8 nitrogen and oxygen atoms in total. The lowest BCUT2D eigenvalue weighted by Gasteiger charge is -2.05. The molecular formula is C16H16N4O4S. The van der Waals surface area contributed by atoms with Crippen molar-refractivity contribution in [1.29, 1.82) is 0 Å². The molecule has 3 N–H and O–H groups in total. The first kappa shape index (κ1) is 18.3. The molecule has 0 spiro atoms. The van der Waals surface area contributed by atoms with Crippen LogP contribution in [0.15, 0.2) is 52.7 Å². The first-order valence-corrected chi connectivity index (χ1v) is 8.08. The Hall–Kier alpha value is -3.07. The van der Waals surface area contributed by atoms with Crippen molar-refractivity contribution < 1.29 is 14.8 Å². The lowest BCUT2D eigenvalue weighted by atomic mass is 10.2. The molecule has 0 aliphatic heterocycles. The molecule has 0 heterocycles. The van der Waals surface area contributed by atoms with E-state index < -0.39 is 4.92 Å². The number of non-ortho nitro benzene ring substituents is 1. The Kier molecular flexibility index (Phi) is 6.35. The van der Waals surface area contributed by atoms with Crippen molar-refractivity contribution >= 4 is 28.8 Å². The third-order valence-corrected chi connectivity index (χ3v) is 3.96. The van der Waals surface area contributed by atoms with Crippen molar-refractivity contribution in [1.82, 2.24) is 0 Å². The summed E-state index contributed by atoms with van der Waals surface area (Å²) in [5, 5.41) is 28.7. The summed E-state index contributed by atoms with van der Waals surface area (Å²) in [5.41, 5.74) is 6.73. The smallest absolute Gasteiger partial charge is 0.274 e. The van der Waals surface area contributed by atoms with E-state index in [1.165, 1.54) is 31.2 Å². The zero-order valence-electron chi connectivity index (χ0n) is 13.3. The van der Waals surface area contributed by atoms with Crippen LogP contribution in [0.25, 0.3) is 0 Å². The molecule has 0 amide bonds. The highest BCUT2D eigenvalue weighted by atomic mass is 32.2. The van der Waals surface area contributed by atoms with Gasteiger partial charge in [0.15, 0.2) is 16.7 Å². The van der Waals surface area contributed by atoms with Crippen molar-refractivity contribution in [3.05, 3.63) is 63.7 Å². The zero-order chi connectivity index (χ0) is 18.2. The largest absolute Gasteiger partial charge is 0.504 e. The van der Waals surface area contributed by atoms with Crippen molar-refractivity contribution in [2.45, 2.75) is 5.75 Å². The summed E-state index contributed by atoms with van der Waals surface area (Å²) in [7, 11) is 1.30. The van der Waals surface area contributed by atoms with Crippen molar-refractivity contribution in [2.75, 3.05) is 7.11 Å². The fourth-order valence-corrected chi connectivity index (χ4v) is 2.49. The number of aromatic hydroxyl groups is 1. The van der Waals surface area contributed by atoms with Crippen LogP contribution >= 0.6 is 11.8 Å². The fourth-order valence-electron chi connectivity index (χ4n) is 1.88. The highest BCUT2D eigenvalue weighted by Crippen LogP contribution is 2.33. The number of benzene rings is 2. The SMILES string of the molecule is COc1cc([N+](=O)[O-])cc(C=NN=C(N)SCc2ccccc2)c1O. The van der Waals surface area contributed by atoms with Gasteiger partial charge >= 0.3 is 0 Å². The molecule has 0 radical (unpaired) electrons. The Bertz CT molecular complexity index is 809. The summed E-state index contributed by atoms with van der Waals surface area (Å²) >= 11 is 1.30. The van der Waals surface area contributed by atoms with Gasteiger partial charge in [0.05, 0.1) is 24.3 Å². The van der Waals surface area contributed by atoms with Gasteiger partial charge in [-0.1, -0.05) is 42.1 Å². The number of nitro groups is 1. The van der Waals surface area contributed by atoms with Gasteiger partial charge in [0.25, 0.3) is 5.69 Å². The van der Waals surface area contributed by atoms with Crippen molar-refractivity contribution in [3.63, 3.8) is 0 Å². The van der Waals surface area contributed by atoms with E-state index in [4.69, 9.17) is 10.5 Å². The maximum atomic E-state index is 10.9. The van der Waals surface area contributed by atoms with Gasteiger partial charge in [-0.15, -0.1) is 5.10 Å². The van der Waals surface area contributed by atoms with Crippen LogP contribution in [0.2, 0.25) is 0 Å². The molecule has 2 rings (SSSR count). The number of thioether (sulfide) groups is 1. The third-order valence-electron chi connectivity index (χ3n) is 3.10. The van der Waals surface area contributed by atoms with Crippen molar-refractivity contribution in [2.24, 2.45) is 15.9 Å². The van der Waals surface area contributed by atoms with Crippen LogP contribution in [-0.2, 0) is 5.75 Å². The monoisotopic (exact) mass is 360 g/mol. The summed E-state index contributed by atoms with van der Waals surface area (Å²) < 4.78 is 4.91. The van der Waals surface area contributed by atoms with E-state index in [0.29, 0.717) is 5.75 Å². The van der Waals surface area contributed by atoms with Gasteiger partial charge in [0, 0.05) is 17.4 Å². The number of phenols is 1. The Morgan fingerprint density at radius 2 is 2.12 bits per heavy atom. The topological polar surface area (TPSA) is 123 Å². The van der Waals surface area contributed by atoms with Gasteiger partial charge in [-0.05, 0) is 5.56 Å². The molecule has 0 aliphatic rings. The molecular weight excluding hydrogens is 344 g/mol. The quantitative estimate of drug-likeness (QED) is 0.353. The number of nitrogens with two attached hydrogens (primary N) is 1. The molecule has 0 fully saturated rings. The van der Waals surface area contributed by atoms with E-state index in [-0.39, 0.29) is 27.9 Å². The Morgan fingerprint density at radius 3 is 2.76 bits per heavy atom. The van der Waals surface area contributed by atoms with E-state index in [2.05, 4.69) is 10.2 Å². The zero-order valence-corrected chi connectivity index (χ0v) is 14.1. The second kappa shape index (κ2) is 8.69. The van der Waals surface area contributed by atoms with Gasteiger partial charge in [0.2, 0.25) is 0 Å². The first-order chi connectivity index (χ1) is 12.0. The van der Waals surface area contributed by atoms with Crippen LogP contribution in [0.1, 0.15) is 11.1 Å². The molecule has 0 unspecified atom stereocenters. The third kappa shape index (κ3) is 5.21. The summed E-state index contributed by atoms with van der Waals surface area (Å²) in [4.78, 5) is 10.3. The van der Waals surface area contributed by atoms with E-state index in [9.17, 15) is 15.2 Å². The lowest BCUT2D eigenvalue weighted by molar-refractivity contribution is -0.385. The fraction of sp³-hybridized carbons (Fsp3) is 0.125. The first-order valence-electron chi connectivity index (χ1n) is 7.10. The molecule has 2 aromatic carbocycles. The number of ether oxygens (including phenoxy) is 1. The molecule has 25 heavy (non-hydrogen) atoms. The van der Waals surface area contributed by atoms with Gasteiger partial charge < -0.3 is 15.6 Å². The van der Waals surface area contributed by atoms with E-state index in [0.717, 1.165) is 11.6 Å². The van der Waals surface area contributed by atoms with E-state index in [1.54, 1.807) is 0 Å². The molecule has 9 heteroatoms. The average Bonchev–Trinajstić information content (AvgIpc) is 2.62. The summed E-state index contributed by atoms with van der Waals surface area (Å²) in [6.45, 7) is 0. The minimum Gasteiger partial charge on any atom is -0.504 e. The molecule has 0 saturated carbocycles. The summed E-state index contributed by atoms with van der Waals surface area (Å²) in [6.07, 6.45) is 1.18. The number of amidine groups is 1. The molecule has 0 bridgehead atoms.